The van der Waals surface area contributed by atoms with E-state index in [4.69, 9.17) is 5.26 Å². The maximum absolute atomic E-state index is 12.0. The molecule has 0 aromatic heterocycles. The summed E-state index contributed by atoms with van der Waals surface area (Å²) in [6, 6.07) is 8.96. The van der Waals surface area contributed by atoms with E-state index in [0.717, 1.165) is 5.69 Å². The van der Waals surface area contributed by atoms with Gasteiger partial charge in [-0.25, -0.2) is 0 Å². The molecule has 0 spiro atoms. The maximum Gasteiger partial charge on any atom is 0.241 e. The number of carbonyl (C=O) groups is 1. The van der Waals surface area contributed by atoms with Crippen LogP contribution >= 0.6 is 0 Å². The average molecular weight is 275 g/mol. The predicted octanol–water partition coefficient (Wildman–Crippen LogP) is 1.59. The molecule has 0 unspecified atom stereocenters. The summed E-state index contributed by atoms with van der Waals surface area (Å²) in [4.78, 5) is 13.7. The lowest BCUT2D eigenvalue weighted by Crippen LogP contribution is -2.44. The largest absolute Gasteiger partial charge is 0.389 e. The van der Waals surface area contributed by atoms with Gasteiger partial charge in [0, 0.05) is 18.8 Å². The highest BCUT2D eigenvalue weighted by Gasteiger charge is 2.20. The Hall–Kier alpha value is -2.06. The number of hydrogen-bond donors (Lipinski definition) is 2. The molecule has 0 heterocycles. The Labute approximate surface area is 119 Å². The van der Waals surface area contributed by atoms with Crippen LogP contribution in [0.2, 0.25) is 0 Å². The third-order valence-corrected chi connectivity index (χ3v) is 2.77. The van der Waals surface area contributed by atoms with E-state index in [0.29, 0.717) is 18.7 Å². The monoisotopic (exact) mass is 275 g/mol. The van der Waals surface area contributed by atoms with Crippen molar-refractivity contribution in [3.8, 4) is 6.07 Å². The van der Waals surface area contributed by atoms with E-state index < -0.39 is 5.60 Å². The van der Waals surface area contributed by atoms with Crippen molar-refractivity contribution < 1.29 is 9.90 Å². The van der Waals surface area contributed by atoms with E-state index in [1.54, 1.807) is 43.0 Å². The van der Waals surface area contributed by atoms with Crippen molar-refractivity contribution >= 4 is 11.6 Å². The lowest BCUT2D eigenvalue weighted by atomic mass is 10.1. The molecule has 20 heavy (non-hydrogen) atoms. The van der Waals surface area contributed by atoms with E-state index in [1.807, 2.05) is 13.0 Å². The lowest BCUT2D eigenvalue weighted by Gasteiger charge is -2.28. The van der Waals surface area contributed by atoms with Gasteiger partial charge in [-0.05, 0) is 45.0 Å². The molecule has 0 radical (unpaired) electrons. The van der Waals surface area contributed by atoms with Crippen LogP contribution in [0, 0.1) is 11.3 Å². The number of rotatable bonds is 6. The zero-order valence-corrected chi connectivity index (χ0v) is 12.2. The van der Waals surface area contributed by atoms with Gasteiger partial charge in [0.15, 0.2) is 0 Å². The summed E-state index contributed by atoms with van der Waals surface area (Å²) in [6.45, 7) is 6.25. The molecule has 0 bridgehead atoms. The van der Waals surface area contributed by atoms with Crippen LogP contribution in [-0.2, 0) is 4.79 Å². The molecule has 5 heteroatoms. The number of nitriles is 1. The number of nitrogens with one attached hydrogen (secondary N) is 1. The summed E-state index contributed by atoms with van der Waals surface area (Å²) in [5.41, 5.74) is 0.468. The van der Waals surface area contributed by atoms with Crippen LogP contribution in [0.25, 0.3) is 0 Å². The first-order valence-corrected chi connectivity index (χ1v) is 6.60. The SMILES string of the molecule is CCN(CC(C)(C)O)C(=O)CNc1ccc(C#N)cc1. The standard InChI is InChI=1S/C15H21N3O2/c1-4-18(11-15(2,3)20)14(19)10-17-13-7-5-12(9-16)6-8-13/h5-8,17,20H,4,10-11H2,1-3H3. The van der Waals surface area contributed by atoms with Crippen molar-refractivity contribution in [1.82, 2.24) is 4.90 Å². The molecule has 1 rings (SSSR count). The first-order valence-electron chi connectivity index (χ1n) is 6.60. The number of amides is 1. The van der Waals surface area contributed by atoms with Crippen molar-refractivity contribution in [2.24, 2.45) is 0 Å². The van der Waals surface area contributed by atoms with Gasteiger partial charge in [0.1, 0.15) is 0 Å². The Balaban J connectivity index is 2.54. The number of benzene rings is 1. The second kappa shape index (κ2) is 6.92. The van der Waals surface area contributed by atoms with Gasteiger partial charge in [-0.15, -0.1) is 0 Å². The minimum absolute atomic E-state index is 0.0704. The third-order valence-electron chi connectivity index (χ3n) is 2.77. The van der Waals surface area contributed by atoms with Crippen LogP contribution in [0.4, 0.5) is 5.69 Å². The van der Waals surface area contributed by atoms with Crippen LogP contribution in [0.3, 0.4) is 0 Å². The highest BCUT2D eigenvalue weighted by Crippen LogP contribution is 2.09. The molecular formula is C15H21N3O2. The highest BCUT2D eigenvalue weighted by molar-refractivity contribution is 5.81. The lowest BCUT2D eigenvalue weighted by molar-refractivity contribution is -0.132. The Kier molecular flexibility index (Phi) is 5.53. The van der Waals surface area contributed by atoms with Gasteiger partial charge < -0.3 is 15.3 Å². The van der Waals surface area contributed by atoms with Crippen LogP contribution in [0.5, 0.6) is 0 Å². The summed E-state index contributed by atoms with van der Waals surface area (Å²) in [5, 5.41) is 21.5. The van der Waals surface area contributed by atoms with Gasteiger partial charge in [-0.3, -0.25) is 4.79 Å². The molecule has 5 nitrogen and oxygen atoms in total. The van der Waals surface area contributed by atoms with Crippen LogP contribution in [0.1, 0.15) is 26.3 Å². The summed E-state index contributed by atoms with van der Waals surface area (Å²) < 4.78 is 0. The second-order valence-electron chi connectivity index (χ2n) is 5.26. The molecule has 0 atom stereocenters. The number of carbonyl (C=O) groups excluding carboxylic acids is 1. The van der Waals surface area contributed by atoms with Crippen molar-refractivity contribution in [3.05, 3.63) is 29.8 Å². The normalized spacial score (nSPS) is 10.8. The summed E-state index contributed by atoms with van der Waals surface area (Å²) in [5.74, 6) is -0.0704. The molecule has 0 aliphatic carbocycles. The molecule has 108 valence electrons. The predicted molar refractivity (Wildman–Crippen MR) is 78.2 cm³/mol. The number of likely N-dealkylation sites (N-methyl/N-ethyl adjacent to an activating group) is 1. The Bertz CT molecular complexity index is 483. The molecule has 0 saturated carbocycles. The Morgan fingerprint density at radius 2 is 2.00 bits per heavy atom. The molecule has 0 fully saturated rings. The zero-order chi connectivity index (χ0) is 15.2. The summed E-state index contributed by atoms with van der Waals surface area (Å²) >= 11 is 0. The number of hydrogen-bond acceptors (Lipinski definition) is 4. The molecule has 0 aliphatic heterocycles. The molecule has 1 amide bonds. The van der Waals surface area contributed by atoms with Crippen molar-refractivity contribution in [3.63, 3.8) is 0 Å². The fourth-order valence-corrected chi connectivity index (χ4v) is 1.80. The van der Waals surface area contributed by atoms with Crippen LogP contribution < -0.4 is 5.32 Å². The Morgan fingerprint density at radius 3 is 2.45 bits per heavy atom. The fraction of sp³-hybridized carbons (Fsp3) is 0.467. The zero-order valence-electron chi connectivity index (χ0n) is 12.2. The second-order valence-corrected chi connectivity index (χ2v) is 5.26. The molecule has 0 saturated heterocycles. The smallest absolute Gasteiger partial charge is 0.241 e. The van der Waals surface area contributed by atoms with Gasteiger partial charge in [-0.1, -0.05) is 0 Å². The van der Waals surface area contributed by atoms with Crippen molar-refractivity contribution in [2.75, 3.05) is 25.0 Å². The van der Waals surface area contributed by atoms with Crippen molar-refractivity contribution in [1.29, 1.82) is 5.26 Å². The first-order chi connectivity index (χ1) is 9.35. The summed E-state index contributed by atoms with van der Waals surface area (Å²) in [6.07, 6.45) is 0. The molecule has 1 aromatic carbocycles. The minimum Gasteiger partial charge on any atom is -0.389 e. The van der Waals surface area contributed by atoms with Gasteiger partial charge >= 0.3 is 0 Å². The van der Waals surface area contributed by atoms with E-state index in [1.165, 1.54) is 0 Å². The summed E-state index contributed by atoms with van der Waals surface area (Å²) in [7, 11) is 0. The average Bonchev–Trinajstić information content (AvgIpc) is 2.41. The van der Waals surface area contributed by atoms with Gasteiger partial charge in [0.05, 0.1) is 23.8 Å². The van der Waals surface area contributed by atoms with E-state index in [2.05, 4.69) is 5.32 Å². The van der Waals surface area contributed by atoms with Gasteiger partial charge in [0.2, 0.25) is 5.91 Å². The number of aliphatic hydroxyl groups is 1. The van der Waals surface area contributed by atoms with Gasteiger partial charge in [-0.2, -0.15) is 5.26 Å². The molecule has 0 aliphatic rings. The molecular weight excluding hydrogens is 254 g/mol. The first kappa shape index (κ1) is 16.0. The topological polar surface area (TPSA) is 76.4 Å². The molecule has 1 aromatic rings. The Morgan fingerprint density at radius 1 is 1.40 bits per heavy atom. The number of anilines is 1. The van der Waals surface area contributed by atoms with Crippen molar-refractivity contribution in [2.45, 2.75) is 26.4 Å². The van der Waals surface area contributed by atoms with Crippen LogP contribution in [0.15, 0.2) is 24.3 Å². The van der Waals surface area contributed by atoms with Gasteiger partial charge in [0.25, 0.3) is 0 Å². The fourth-order valence-electron chi connectivity index (χ4n) is 1.80. The highest BCUT2D eigenvalue weighted by atomic mass is 16.3. The van der Waals surface area contributed by atoms with Crippen LogP contribution in [-0.4, -0.2) is 41.1 Å². The van der Waals surface area contributed by atoms with E-state index in [9.17, 15) is 9.90 Å². The quantitative estimate of drug-likeness (QED) is 0.826. The van der Waals surface area contributed by atoms with E-state index >= 15 is 0 Å². The molecule has 2 N–H and O–H groups in total. The maximum atomic E-state index is 12.0. The minimum atomic E-state index is -0.903. The van der Waals surface area contributed by atoms with E-state index in [-0.39, 0.29) is 12.5 Å². The number of nitrogens with zero attached hydrogens (tertiary/aromatic N) is 2. The third kappa shape index (κ3) is 5.29.